The highest BCUT2D eigenvalue weighted by Crippen LogP contribution is 2.21. The van der Waals surface area contributed by atoms with Gasteiger partial charge in [-0.2, -0.15) is 0 Å². The molecule has 3 N–H and O–H groups in total. The van der Waals surface area contributed by atoms with Crippen molar-refractivity contribution < 1.29 is 13.3 Å². The molecule has 0 aliphatic heterocycles. The lowest BCUT2D eigenvalue weighted by Crippen LogP contribution is -2.41. The standard InChI is InChI=1S/C25H27BrClN5O4S.BrH/c1-17-14-22(27)10-11-24(17)37(35,36)31-13-12-28-25(29-15-19-6-8-21(26)9-7-19)30-16-20-4-3-5-23(18(20)2)32(33)34;/h3-11,14,31H,12-13,15-16H2,1-2H3,(H2,28,29,30);1H. The smallest absolute Gasteiger partial charge is 0.272 e. The normalized spacial score (nSPS) is 11.5. The Labute approximate surface area is 246 Å². The number of sulfonamides is 1. The van der Waals surface area contributed by atoms with Crippen molar-refractivity contribution in [1.82, 2.24) is 15.4 Å². The first-order valence-corrected chi connectivity index (χ1v) is 14.0. The summed E-state index contributed by atoms with van der Waals surface area (Å²) >= 11 is 9.35. The highest BCUT2D eigenvalue weighted by Gasteiger charge is 2.17. The molecule has 13 heteroatoms. The molecule has 0 fully saturated rings. The molecule has 0 saturated heterocycles. The van der Waals surface area contributed by atoms with Gasteiger partial charge in [-0.05, 0) is 60.9 Å². The monoisotopic (exact) mass is 687 g/mol. The molecular weight excluding hydrogens is 662 g/mol. The van der Waals surface area contributed by atoms with Crippen LogP contribution in [0.2, 0.25) is 5.02 Å². The lowest BCUT2D eigenvalue weighted by Gasteiger charge is -2.15. The van der Waals surface area contributed by atoms with Crippen molar-refractivity contribution in [2.24, 2.45) is 4.99 Å². The number of aryl methyl sites for hydroxylation is 1. The molecule has 0 amide bonds. The topological polar surface area (TPSA) is 126 Å². The second-order valence-electron chi connectivity index (χ2n) is 8.20. The van der Waals surface area contributed by atoms with Gasteiger partial charge in [0.1, 0.15) is 0 Å². The minimum Gasteiger partial charge on any atom is -0.355 e. The van der Waals surface area contributed by atoms with E-state index in [1.807, 2.05) is 30.3 Å². The molecular formula is C25H28Br2ClN5O4S. The highest BCUT2D eigenvalue weighted by molar-refractivity contribution is 9.10. The predicted octanol–water partition coefficient (Wildman–Crippen LogP) is 5.42. The third-order valence-corrected chi connectivity index (χ3v) is 7.91. The maximum Gasteiger partial charge on any atom is 0.272 e. The van der Waals surface area contributed by atoms with Crippen LogP contribution in [-0.4, -0.2) is 32.4 Å². The van der Waals surface area contributed by atoms with Gasteiger partial charge in [0, 0.05) is 40.8 Å². The van der Waals surface area contributed by atoms with Gasteiger partial charge in [-0.25, -0.2) is 18.1 Å². The minimum absolute atomic E-state index is 0. The molecule has 0 spiro atoms. The second kappa shape index (κ2) is 14.6. The summed E-state index contributed by atoms with van der Waals surface area (Å²) in [6, 6.07) is 17.3. The van der Waals surface area contributed by atoms with E-state index in [1.54, 1.807) is 26.0 Å². The molecule has 0 unspecified atom stereocenters. The Bertz CT molecular complexity index is 1400. The van der Waals surface area contributed by atoms with Gasteiger partial charge < -0.3 is 10.6 Å². The molecule has 3 aromatic carbocycles. The van der Waals surface area contributed by atoms with Crippen molar-refractivity contribution in [3.05, 3.63) is 103 Å². The summed E-state index contributed by atoms with van der Waals surface area (Å²) in [6.07, 6.45) is 0. The van der Waals surface area contributed by atoms with E-state index in [0.29, 0.717) is 35.2 Å². The number of guanidine groups is 1. The van der Waals surface area contributed by atoms with Gasteiger partial charge in [0.2, 0.25) is 10.0 Å². The Morgan fingerprint density at radius 2 is 1.76 bits per heavy atom. The first-order valence-electron chi connectivity index (χ1n) is 11.3. The Morgan fingerprint density at radius 1 is 1.05 bits per heavy atom. The van der Waals surface area contributed by atoms with Gasteiger partial charge in [-0.1, -0.05) is 51.8 Å². The fourth-order valence-electron chi connectivity index (χ4n) is 3.53. The second-order valence-corrected chi connectivity index (χ2v) is 11.3. The number of halogens is 3. The average molecular weight is 690 g/mol. The zero-order valence-corrected chi connectivity index (χ0v) is 25.6. The van der Waals surface area contributed by atoms with Gasteiger partial charge in [0.05, 0.1) is 16.4 Å². The van der Waals surface area contributed by atoms with Gasteiger partial charge in [0.15, 0.2) is 5.96 Å². The van der Waals surface area contributed by atoms with Crippen LogP contribution in [0.25, 0.3) is 0 Å². The van der Waals surface area contributed by atoms with Crippen molar-refractivity contribution in [2.45, 2.75) is 31.8 Å². The van der Waals surface area contributed by atoms with E-state index in [9.17, 15) is 18.5 Å². The number of aliphatic imine (C=N–C) groups is 1. The predicted molar refractivity (Wildman–Crippen MR) is 160 cm³/mol. The lowest BCUT2D eigenvalue weighted by molar-refractivity contribution is -0.385. The summed E-state index contributed by atoms with van der Waals surface area (Å²) in [7, 11) is -3.72. The van der Waals surface area contributed by atoms with E-state index >= 15 is 0 Å². The van der Waals surface area contributed by atoms with E-state index in [-0.39, 0.29) is 40.7 Å². The van der Waals surface area contributed by atoms with E-state index in [1.165, 1.54) is 18.2 Å². The van der Waals surface area contributed by atoms with Crippen molar-refractivity contribution >= 4 is 66.2 Å². The molecule has 0 saturated carbocycles. The molecule has 0 aliphatic rings. The van der Waals surface area contributed by atoms with Gasteiger partial charge in [-0.15, -0.1) is 17.0 Å². The van der Waals surface area contributed by atoms with E-state index in [4.69, 9.17) is 11.6 Å². The molecule has 3 aromatic rings. The first-order chi connectivity index (χ1) is 17.6. The minimum atomic E-state index is -3.72. The van der Waals surface area contributed by atoms with Crippen molar-refractivity contribution in [3.63, 3.8) is 0 Å². The van der Waals surface area contributed by atoms with Crippen molar-refractivity contribution in [2.75, 3.05) is 13.1 Å². The van der Waals surface area contributed by atoms with Crippen LogP contribution in [0, 0.1) is 24.0 Å². The van der Waals surface area contributed by atoms with Crippen LogP contribution in [-0.2, 0) is 23.1 Å². The summed E-state index contributed by atoms with van der Waals surface area (Å²) in [5, 5.41) is 18.0. The number of hydrogen-bond donors (Lipinski definition) is 3. The van der Waals surface area contributed by atoms with Gasteiger partial charge in [-0.3, -0.25) is 10.1 Å². The molecule has 0 bridgehead atoms. The third kappa shape index (κ3) is 9.05. The van der Waals surface area contributed by atoms with Crippen LogP contribution in [0.4, 0.5) is 5.69 Å². The molecule has 9 nitrogen and oxygen atoms in total. The van der Waals surface area contributed by atoms with E-state index in [2.05, 4.69) is 36.3 Å². The van der Waals surface area contributed by atoms with Crippen LogP contribution >= 0.6 is 44.5 Å². The van der Waals surface area contributed by atoms with Crippen LogP contribution in [0.15, 0.2) is 75.0 Å². The molecule has 38 heavy (non-hydrogen) atoms. The van der Waals surface area contributed by atoms with Gasteiger partial charge >= 0.3 is 0 Å². The molecule has 3 rings (SSSR count). The number of nitro benzene ring substituents is 1. The van der Waals surface area contributed by atoms with Crippen LogP contribution in [0.3, 0.4) is 0 Å². The molecule has 0 radical (unpaired) electrons. The fourth-order valence-corrected chi connectivity index (χ4v) is 5.28. The van der Waals surface area contributed by atoms with Crippen LogP contribution in [0.5, 0.6) is 0 Å². The number of rotatable bonds is 10. The molecule has 0 aliphatic carbocycles. The fraction of sp³-hybridized carbons (Fsp3) is 0.240. The maximum atomic E-state index is 12.7. The lowest BCUT2D eigenvalue weighted by atomic mass is 10.1. The van der Waals surface area contributed by atoms with Crippen LogP contribution < -0.4 is 15.4 Å². The summed E-state index contributed by atoms with van der Waals surface area (Å²) in [5.74, 6) is 0.440. The SMILES string of the molecule is Br.Cc1cc(Cl)ccc1S(=O)(=O)NCCNC(=NCc1ccc(Br)cc1)NCc1cccc([N+](=O)[O-])c1C. The van der Waals surface area contributed by atoms with Gasteiger partial charge in [0.25, 0.3) is 5.69 Å². The molecule has 0 heterocycles. The number of benzene rings is 3. The largest absolute Gasteiger partial charge is 0.355 e. The highest BCUT2D eigenvalue weighted by atomic mass is 79.9. The first kappa shape index (κ1) is 31.7. The summed E-state index contributed by atoms with van der Waals surface area (Å²) in [6.45, 7) is 4.44. The third-order valence-electron chi connectivity index (χ3n) is 5.53. The summed E-state index contributed by atoms with van der Waals surface area (Å²) in [4.78, 5) is 15.6. The van der Waals surface area contributed by atoms with Crippen molar-refractivity contribution in [1.29, 1.82) is 0 Å². The zero-order chi connectivity index (χ0) is 27.0. The average Bonchev–Trinajstić information content (AvgIpc) is 2.84. The Hall–Kier alpha value is -2.51. The quantitative estimate of drug-likeness (QED) is 0.0859. The van der Waals surface area contributed by atoms with Crippen LogP contribution in [0.1, 0.15) is 22.3 Å². The molecule has 0 atom stereocenters. The van der Waals surface area contributed by atoms with E-state index < -0.39 is 14.9 Å². The van der Waals surface area contributed by atoms with Crippen molar-refractivity contribution in [3.8, 4) is 0 Å². The summed E-state index contributed by atoms with van der Waals surface area (Å²) in [5.41, 5.74) is 2.91. The Balaban J connectivity index is 0.00000507. The number of nitrogens with one attached hydrogen (secondary N) is 3. The maximum absolute atomic E-state index is 12.7. The number of nitrogens with zero attached hydrogens (tertiary/aromatic N) is 2. The summed E-state index contributed by atoms with van der Waals surface area (Å²) < 4.78 is 28.9. The molecule has 0 aromatic heterocycles. The Morgan fingerprint density at radius 3 is 2.42 bits per heavy atom. The Kier molecular flexibility index (Phi) is 12.2. The number of hydrogen-bond acceptors (Lipinski definition) is 5. The van der Waals surface area contributed by atoms with E-state index in [0.717, 1.165) is 15.6 Å². The number of nitro groups is 1. The zero-order valence-electron chi connectivity index (χ0n) is 20.7. The molecule has 204 valence electrons.